The summed E-state index contributed by atoms with van der Waals surface area (Å²) in [6.07, 6.45) is 2.45. The van der Waals surface area contributed by atoms with Gasteiger partial charge in [0.1, 0.15) is 17.3 Å². The van der Waals surface area contributed by atoms with Crippen LogP contribution in [0.25, 0.3) is 0 Å². The summed E-state index contributed by atoms with van der Waals surface area (Å²) in [5, 5.41) is 0.740. The van der Waals surface area contributed by atoms with Crippen molar-refractivity contribution in [3.63, 3.8) is 0 Å². The Morgan fingerprint density at radius 3 is 2.33 bits per heavy atom. The molecule has 0 bridgehead atoms. The highest BCUT2D eigenvalue weighted by Crippen LogP contribution is 2.21. The average Bonchev–Trinajstić information content (AvgIpc) is 2.62. The topological polar surface area (TPSA) is 12.5 Å². The predicted octanol–water partition coefficient (Wildman–Crippen LogP) is 5.33. The van der Waals surface area contributed by atoms with Gasteiger partial charge < -0.3 is 9.64 Å². The molecule has 2 aromatic rings. The van der Waals surface area contributed by atoms with Crippen molar-refractivity contribution in [3.8, 4) is 5.75 Å². The van der Waals surface area contributed by atoms with Crippen LogP contribution in [0.15, 0.2) is 48.5 Å². The van der Waals surface area contributed by atoms with Crippen molar-refractivity contribution < 1.29 is 4.74 Å². The molecule has 1 aliphatic heterocycles. The number of benzene rings is 2. The Hall–Kier alpha value is -1.58. The molecule has 0 aromatic heterocycles. The molecular weight excluding hydrogens is 338 g/mol. The maximum absolute atomic E-state index is 5.89. The zero-order valence-corrected chi connectivity index (χ0v) is 15.4. The molecule has 0 radical (unpaired) electrons. The monoisotopic (exact) mass is 359 g/mol. The van der Waals surface area contributed by atoms with Gasteiger partial charge in [0.15, 0.2) is 0 Å². The summed E-state index contributed by atoms with van der Waals surface area (Å²) < 4.78 is 5.83. The molecule has 0 amide bonds. The van der Waals surface area contributed by atoms with Crippen LogP contribution < -0.4 is 4.74 Å². The fourth-order valence-electron chi connectivity index (χ4n) is 2.84. The number of hydrogen-bond donors (Lipinski definition) is 0. The van der Waals surface area contributed by atoms with Gasteiger partial charge in [0, 0.05) is 23.7 Å². The first-order chi connectivity index (χ1) is 11.6. The number of rotatable bonds is 4. The van der Waals surface area contributed by atoms with E-state index in [2.05, 4.69) is 24.0 Å². The van der Waals surface area contributed by atoms with Crippen molar-refractivity contribution >= 4 is 28.8 Å². The van der Waals surface area contributed by atoms with E-state index in [0.717, 1.165) is 45.9 Å². The Morgan fingerprint density at radius 2 is 1.71 bits per heavy atom. The lowest BCUT2D eigenvalue weighted by Gasteiger charge is -2.32. The Morgan fingerprint density at radius 1 is 1.08 bits per heavy atom. The van der Waals surface area contributed by atoms with Crippen molar-refractivity contribution in [2.75, 3.05) is 13.1 Å². The molecule has 0 spiro atoms. The minimum Gasteiger partial charge on any atom is -0.489 e. The van der Waals surface area contributed by atoms with Crippen LogP contribution in [0.4, 0.5) is 0 Å². The summed E-state index contributed by atoms with van der Waals surface area (Å²) in [5.74, 6) is 1.66. The highest BCUT2D eigenvalue weighted by atomic mass is 35.5. The van der Waals surface area contributed by atoms with Crippen molar-refractivity contribution in [3.05, 3.63) is 64.7 Å². The molecule has 2 nitrogen and oxygen atoms in total. The van der Waals surface area contributed by atoms with E-state index in [0.29, 0.717) is 6.61 Å². The first-order valence-corrected chi connectivity index (χ1v) is 9.17. The minimum atomic E-state index is 0.533. The summed E-state index contributed by atoms with van der Waals surface area (Å²) in [4.78, 5) is 3.27. The number of ether oxygens (including phenoxy) is 1. The van der Waals surface area contributed by atoms with Crippen LogP contribution >= 0.6 is 23.8 Å². The van der Waals surface area contributed by atoms with E-state index in [1.807, 2.05) is 36.4 Å². The van der Waals surface area contributed by atoms with E-state index in [9.17, 15) is 0 Å². The summed E-state index contributed by atoms with van der Waals surface area (Å²) in [7, 11) is 0. The van der Waals surface area contributed by atoms with Gasteiger partial charge in [0.2, 0.25) is 0 Å². The van der Waals surface area contributed by atoms with Gasteiger partial charge in [-0.25, -0.2) is 0 Å². The number of thiocarbonyl (C=S) groups is 1. The predicted molar refractivity (Wildman–Crippen MR) is 104 cm³/mol. The van der Waals surface area contributed by atoms with E-state index < -0.39 is 0 Å². The zero-order chi connectivity index (χ0) is 16.9. The Kier molecular flexibility index (Phi) is 5.75. The Balaban J connectivity index is 1.56. The second kappa shape index (κ2) is 8.00. The smallest absolute Gasteiger partial charge is 0.119 e. The summed E-state index contributed by atoms with van der Waals surface area (Å²) in [6.45, 7) is 4.97. The minimum absolute atomic E-state index is 0.533. The second-order valence-corrected chi connectivity index (χ2v) is 7.24. The maximum atomic E-state index is 5.89. The third-order valence-electron chi connectivity index (χ3n) is 4.49. The quantitative estimate of drug-likeness (QED) is 0.685. The molecule has 1 heterocycles. The van der Waals surface area contributed by atoms with Gasteiger partial charge in [-0.3, -0.25) is 0 Å². The molecule has 0 saturated carbocycles. The summed E-state index contributed by atoms with van der Waals surface area (Å²) >= 11 is 11.5. The van der Waals surface area contributed by atoms with Crippen LogP contribution in [0, 0.1) is 5.92 Å². The fraction of sp³-hybridized carbons (Fsp3) is 0.350. The van der Waals surface area contributed by atoms with Crippen LogP contribution in [0.1, 0.15) is 30.9 Å². The first-order valence-electron chi connectivity index (χ1n) is 8.38. The standard InChI is InChI=1S/C20H22ClNOS/c1-15-10-12-22(13-11-15)20(24)17-4-8-19(9-5-17)23-14-16-2-6-18(21)7-3-16/h2-9,15H,10-14H2,1H3. The maximum Gasteiger partial charge on any atom is 0.119 e. The van der Waals surface area contributed by atoms with E-state index in [4.69, 9.17) is 28.6 Å². The molecule has 24 heavy (non-hydrogen) atoms. The van der Waals surface area contributed by atoms with E-state index in [-0.39, 0.29) is 0 Å². The van der Waals surface area contributed by atoms with Crippen LogP contribution in [0.2, 0.25) is 5.02 Å². The SMILES string of the molecule is CC1CCN(C(=S)c2ccc(OCc3ccc(Cl)cc3)cc2)CC1. The molecule has 0 aliphatic carbocycles. The van der Waals surface area contributed by atoms with Gasteiger partial charge in [0.25, 0.3) is 0 Å². The lowest BCUT2D eigenvalue weighted by molar-refractivity contribution is 0.284. The van der Waals surface area contributed by atoms with Gasteiger partial charge in [0.05, 0.1) is 0 Å². The first kappa shape index (κ1) is 17.2. The Bertz CT molecular complexity index is 676. The molecule has 1 aliphatic rings. The van der Waals surface area contributed by atoms with Gasteiger partial charge in [-0.15, -0.1) is 0 Å². The molecular formula is C20H22ClNOS. The van der Waals surface area contributed by atoms with Crippen molar-refractivity contribution in [1.82, 2.24) is 4.90 Å². The van der Waals surface area contributed by atoms with Crippen LogP contribution in [0.5, 0.6) is 5.75 Å². The van der Waals surface area contributed by atoms with Gasteiger partial charge >= 0.3 is 0 Å². The lowest BCUT2D eigenvalue weighted by Crippen LogP contribution is -2.37. The molecule has 2 aromatic carbocycles. The van der Waals surface area contributed by atoms with E-state index in [1.54, 1.807) is 0 Å². The normalized spacial score (nSPS) is 15.3. The van der Waals surface area contributed by atoms with Gasteiger partial charge in [-0.05, 0) is 60.7 Å². The zero-order valence-electron chi connectivity index (χ0n) is 13.9. The van der Waals surface area contributed by atoms with E-state index in [1.165, 1.54) is 12.8 Å². The molecule has 4 heteroatoms. The molecule has 1 fully saturated rings. The average molecular weight is 360 g/mol. The largest absolute Gasteiger partial charge is 0.489 e. The molecule has 126 valence electrons. The van der Waals surface area contributed by atoms with Crippen LogP contribution in [-0.2, 0) is 6.61 Å². The lowest BCUT2D eigenvalue weighted by atomic mass is 9.99. The summed E-state index contributed by atoms with van der Waals surface area (Å²) in [6, 6.07) is 15.8. The molecule has 0 N–H and O–H groups in total. The number of hydrogen-bond acceptors (Lipinski definition) is 2. The van der Waals surface area contributed by atoms with Crippen LogP contribution in [-0.4, -0.2) is 23.0 Å². The number of piperidine rings is 1. The number of halogens is 1. The summed E-state index contributed by atoms with van der Waals surface area (Å²) in [5.41, 5.74) is 2.19. The highest BCUT2D eigenvalue weighted by molar-refractivity contribution is 7.80. The second-order valence-electron chi connectivity index (χ2n) is 6.41. The van der Waals surface area contributed by atoms with E-state index >= 15 is 0 Å². The van der Waals surface area contributed by atoms with Gasteiger partial charge in [-0.1, -0.05) is 42.9 Å². The Labute approximate surface area is 154 Å². The fourth-order valence-corrected chi connectivity index (χ4v) is 3.28. The van der Waals surface area contributed by atoms with Crippen molar-refractivity contribution in [2.24, 2.45) is 5.92 Å². The molecule has 0 unspecified atom stereocenters. The van der Waals surface area contributed by atoms with Crippen molar-refractivity contribution in [2.45, 2.75) is 26.4 Å². The third kappa shape index (κ3) is 4.49. The molecule has 3 rings (SSSR count). The third-order valence-corrected chi connectivity index (χ3v) is 5.24. The van der Waals surface area contributed by atoms with Crippen molar-refractivity contribution in [1.29, 1.82) is 0 Å². The molecule has 1 saturated heterocycles. The number of nitrogens with zero attached hydrogens (tertiary/aromatic N) is 1. The van der Waals surface area contributed by atoms with Gasteiger partial charge in [-0.2, -0.15) is 0 Å². The highest BCUT2D eigenvalue weighted by Gasteiger charge is 2.18. The number of likely N-dealkylation sites (tertiary alicyclic amines) is 1. The molecule has 0 atom stereocenters. The van der Waals surface area contributed by atoms with Crippen LogP contribution in [0.3, 0.4) is 0 Å².